The number of hydrogen-bond donors (Lipinski definition) is 0. The van der Waals surface area contributed by atoms with Crippen LogP contribution in [0, 0.1) is 0 Å². The lowest BCUT2D eigenvalue weighted by molar-refractivity contribution is 0.0208. The SMILES string of the molecule is CCCn1cnnc1CC(C)(C)OC. The van der Waals surface area contributed by atoms with Crippen molar-refractivity contribution in [2.45, 2.75) is 45.8 Å². The summed E-state index contributed by atoms with van der Waals surface area (Å²) in [5.41, 5.74) is -0.168. The molecule has 0 aliphatic heterocycles. The first-order valence-electron chi connectivity index (χ1n) is 5.01. The fourth-order valence-electron chi connectivity index (χ4n) is 1.30. The Kier molecular flexibility index (Phi) is 3.63. The third kappa shape index (κ3) is 2.80. The second-order valence-corrected chi connectivity index (χ2v) is 4.08. The normalized spacial score (nSPS) is 12.0. The molecule has 0 saturated carbocycles. The van der Waals surface area contributed by atoms with Gasteiger partial charge in [-0.05, 0) is 20.3 Å². The molecule has 0 radical (unpaired) electrons. The second-order valence-electron chi connectivity index (χ2n) is 4.08. The monoisotopic (exact) mass is 197 g/mol. The minimum atomic E-state index is -0.168. The first-order valence-corrected chi connectivity index (χ1v) is 5.01. The van der Waals surface area contributed by atoms with Gasteiger partial charge in [-0.25, -0.2) is 0 Å². The third-order valence-electron chi connectivity index (χ3n) is 2.30. The lowest BCUT2D eigenvalue weighted by Gasteiger charge is -2.22. The molecule has 0 fully saturated rings. The van der Waals surface area contributed by atoms with Crippen LogP contribution >= 0.6 is 0 Å². The van der Waals surface area contributed by atoms with Crippen molar-refractivity contribution in [3.63, 3.8) is 0 Å². The van der Waals surface area contributed by atoms with Crippen LogP contribution in [0.1, 0.15) is 33.0 Å². The lowest BCUT2D eigenvalue weighted by Crippen LogP contribution is -2.27. The summed E-state index contributed by atoms with van der Waals surface area (Å²) in [6.07, 6.45) is 3.67. The highest BCUT2D eigenvalue weighted by Crippen LogP contribution is 2.14. The Hall–Kier alpha value is -0.900. The van der Waals surface area contributed by atoms with Crippen molar-refractivity contribution in [2.24, 2.45) is 0 Å². The lowest BCUT2D eigenvalue weighted by atomic mass is 10.1. The number of hydrogen-bond acceptors (Lipinski definition) is 3. The van der Waals surface area contributed by atoms with Gasteiger partial charge in [0.25, 0.3) is 0 Å². The Morgan fingerprint density at radius 2 is 2.21 bits per heavy atom. The number of methoxy groups -OCH3 is 1. The fraction of sp³-hybridized carbons (Fsp3) is 0.800. The molecular formula is C10H19N3O. The van der Waals surface area contributed by atoms with E-state index >= 15 is 0 Å². The Morgan fingerprint density at radius 1 is 1.50 bits per heavy atom. The van der Waals surface area contributed by atoms with Crippen molar-refractivity contribution >= 4 is 0 Å². The van der Waals surface area contributed by atoms with Gasteiger partial charge in [0.05, 0.1) is 5.60 Å². The van der Waals surface area contributed by atoms with Gasteiger partial charge >= 0.3 is 0 Å². The average molecular weight is 197 g/mol. The Labute approximate surface area is 85.3 Å². The van der Waals surface area contributed by atoms with Gasteiger partial charge in [0.2, 0.25) is 0 Å². The molecule has 0 N–H and O–H groups in total. The molecule has 1 aromatic heterocycles. The van der Waals surface area contributed by atoms with Gasteiger partial charge in [0.15, 0.2) is 0 Å². The minimum absolute atomic E-state index is 0.168. The molecule has 1 rings (SSSR count). The summed E-state index contributed by atoms with van der Waals surface area (Å²) in [6, 6.07) is 0. The molecule has 0 unspecified atom stereocenters. The number of aromatic nitrogens is 3. The predicted octanol–water partition coefficient (Wildman–Crippen LogP) is 1.66. The summed E-state index contributed by atoms with van der Waals surface area (Å²) in [4.78, 5) is 0. The van der Waals surface area contributed by atoms with Crippen molar-refractivity contribution in [2.75, 3.05) is 7.11 Å². The van der Waals surface area contributed by atoms with Crippen LogP contribution in [0.5, 0.6) is 0 Å². The maximum atomic E-state index is 5.36. The Morgan fingerprint density at radius 3 is 2.79 bits per heavy atom. The van der Waals surface area contributed by atoms with Gasteiger partial charge in [-0.1, -0.05) is 6.92 Å². The molecule has 0 spiro atoms. The molecule has 14 heavy (non-hydrogen) atoms. The molecular weight excluding hydrogens is 178 g/mol. The molecule has 0 bridgehead atoms. The molecule has 0 atom stereocenters. The largest absolute Gasteiger partial charge is 0.378 e. The molecule has 0 aliphatic carbocycles. The van der Waals surface area contributed by atoms with Crippen molar-refractivity contribution in [1.29, 1.82) is 0 Å². The van der Waals surface area contributed by atoms with Gasteiger partial charge in [0, 0.05) is 20.1 Å². The number of rotatable bonds is 5. The first kappa shape index (κ1) is 11.2. The molecule has 0 saturated heterocycles. The smallest absolute Gasteiger partial charge is 0.135 e. The summed E-state index contributed by atoms with van der Waals surface area (Å²) in [6.45, 7) is 7.23. The topological polar surface area (TPSA) is 39.9 Å². The summed E-state index contributed by atoms with van der Waals surface area (Å²) in [7, 11) is 1.72. The van der Waals surface area contributed by atoms with E-state index in [0.717, 1.165) is 25.2 Å². The van der Waals surface area contributed by atoms with Crippen molar-refractivity contribution in [1.82, 2.24) is 14.8 Å². The highest BCUT2D eigenvalue weighted by molar-refractivity contribution is 4.92. The molecule has 4 nitrogen and oxygen atoms in total. The van der Waals surface area contributed by atoms with Crippen LogP contribution in [-0.2, 0) is 17.7 Å². The summed E-state index contributed by atoms with van der Waals surface area (Å²) in [5.74, 6) is 0.999. The molecule has 80 valence electrons. The van der Waals surface area contributed by atoms with Crippen LogP contribution in [0.3, 0.4) is 0 Å². The van der Waals surface area contributed by atoms with E-state index in [9.17, 15) is 0 Å². The van der Waals surface area contributed by atoms with Crippen molar-refractivity contribution < 1.29 is 4.74 Å². The van der Waals surface area contributed by atoms with Crippen LogP contribution < -0.4 is 0 Å². The van der Waals surface area contributed by atoms with E-state index in [2.05, 4.69) is 35.5 Å². The third-order valence-corrected chi connectivity index (χ3v) is 2.30. The quantitative estimate of drug-likeness (QED) is 0.720. The number of nitrogens with zero attached hydrogens (tertiary/aromatic N) is 3. The Balaban J connectivity index is 2.70. The molecule has 0 aromatic carbocycles. The first-order chi connectivity index (χ1) is 6.59. The van der Waals surface area contributed by atoms with E-state index in [1.807, 2.05) is 0 Å². The van der Waals surface area contributed by atoms with Crippen LogP contribution in [0.25, 0.3) is 0 Å². The zero-order valence-electron chi connectivity index (χ0n) is 9.45. The molecule has 4 heteroatoms. The summed E-state index contributed by atoms with van der Waals surface area (Å²) >= 11 is 0. The second kappa shape index (κ2) is 4.55. The Bertz CT molecular complexity index is 281. The number of aryl methyl sites for hydroxylation is 1. The standard InChI is InChI=1S/C10H19N3O/c1-5-6-13-8-11-12-9(13)7-10(2,3)14-4/h8H,5-7H2,1-4H3. The van der Waals surface area contributed by atoms with E-state index in [-0.39, 0.29) is 5.60 Å². The number of ether oxygens (including phenoxy) is 1. The fourth-order valence-corrected chi connectivity index (χ4v) is 1.30. The van der Waals surface area contributed by atoms with Gasteiger partial charge < -0.3 is 9.30 Å². The molecule has 0 aliphatic rings. The van der Waals surface area contributed by atoms with E-state index in [1.54, 1.807) is 13.4 Å². The highest BCUT2D eigenvalue weighted by Gasteiger charge is 2.20. The van der Waals surface area contributed by atoms with Gasteiger partial charge in [-0.2, -0.15) is 0 Å². The van der Waals surface area contributed by atoms with E-state index < -0.39 is 0 Å². The van der Waals surface area contributed by atoms with Crippen LogP contribution in [0.15, 0.2) is 6.33 Å². The van der Waals surface area contributed by atoms with Crippen molar-refractivity contribution in [3.8, 4) is 0 Å². The van der Waals surface area contributed by atoms with Crippen LogP contribution in [-0.4, -0.2) is 27.5 Å². The predicted molar refractivity (Wildman–Crippen MR) is 55.1 cm³/mol. The average Bonchev–Trinajstić information content (AvgIpc) is 2.53. The van der Waals surface area contributed by atoms with Crippen molar-refractivity contribution in [3.05, 3.63) is 12.2 Å². The summed E-state index contributed by atoms with van der Waals surface area (Å²) in [5, 5.41) is 8.02. The highest BCUT2D eigenvalue weighted by atomic mass is 16.5. The van der Waals surface area contributed by atoms with Crippen LogP contribution in [0.4, 0.5) is 0 Å². The maximum Gasteiger partial charge on any atom is 0.135 e. The van der Waals surface area contributed by atoms with Gasteiger partial charge in [-0.15, -0.1) is 10.2 Å². The van der Waals surface area contributed by atoms with E-state index in [1.165, 1.54) is 0 Å². The van der Waals surface area contributed by atoms with Crippen LogP contribution in [0.2, 0.25) is 0 Å². The van der Waals surface area contributed by atoms with Gasteiger partial charge in [0.1, 0.15) is 12.2 Å². The van der Waals surface area contributed by atoms with E-state index in [4.69, 9.17) is 4.74 Å². The summed E-state index contributed by atoms with van der Waals surface area (Å²) < 4.78 is 7.45. The molecule has 0 amide bonds. The van der Waals surface area contributed by atoms with E-state index in [0.29, 0.717) is 0 Å². The van der Waals surface area contributed by atoms with Gasteiger partial charge in [-0.3, -0.25) is 0 Å². The zero-order valence-corrected chi connectivity index (χ0v) is 9.45. The molecule has 1 heterocycles. The maximum absolute atomic E-state index is 5.36. The molecule has 1 aromatic rings. The minimum Gasteiger partial charge on any atom is -0.378 e. The zero-order chi connectivity index (χ0) is 10.6.